The molecule has 0 aliphatic rings. The Hall–Kier alpha value is -3.93. The zero-order valence-corrected chi connectivity index (χ0v) is 20.4. The summed E-state index contributed by atoms with van der Waals surface area (Å²) in [6, 6.07) is 38.1. The number of rotatable bonds is 12. The SMILES string of the molecule is CC(=O)Nc1ccc(OCCOCCOC(c2ccccc2)(c2ccccc2)c2ccccc2)cc1. The van der Waals surface area contributed by atoms with E-state index in [-0.39, 0.29) is 5.91 Å². The van der Waals surface area contributed by atoms with Gasteiger partial charge in [-0.05, 0) is 41.0 Å². The van der Waals surface area contributed by atoms with E-state index in [1.807, 2.05) is 78.9 Å². The number of hydrogen-bond acceptors (Lipinski definition) is 4. The van der Waals surface area contributed by atoms with Crippen LogP contribution in [0, 0.1) is 0 Å². The molecule has 0 bridgehead atoms. The van der Waals surface area contributed by atoms with E-state index < -0.39 is 5.60 Å². The van der Waals surface area contributed by atoms with Crippen LogP contribution in [0.25, 0.3) is 0 Å². The first-order chi connectivity index (χ1) is 17.7. The fourth-order valence-corrected chi connectivity index (χ4v) is 4.18. The molecule has 0 fully saturated rings. The molecule has 1 N–H and O–H groups in total. The van der Waals surface area contributed by atoms with Gasteiger partial charge in [0.2, 0.25) is 5.91 Å². The van der Waals surface area contributed by atoms with Crippen molar-refractivity contribution < 1.29 is 19.0 Å². The highest BCUT2D eigenvalue weighted by Crippen LogP contribution is 2.40. The minimum Gasteiger partial charge on any atom is -0.491 e. The molecular weight excluding hydrogens is 450 g/mol. The number of ether oxygens (including phenoxy) is 3. The van der Waals surface area contributed by atoms with Gasteiger partial charge in [0.1, 0.15) is 18.0 Å². The quantitative estimate of drug-likeness (QED) is 0.198. The van der Waals surface area contributed by atoms with Crippen molar-refractivity contribution in [2.24, 2.45) is 0 Å². The Morgan fingerprint density at radius 1 is 0.639 bits per heavy atom. The van der Waals surface area contributed by atoms with Crippen molar-refractivity contribution in [2.45, 2.75) is 12.5 Å². The molecule has 0 saturated carbocycles. The zero-order chi connectivity index (χ0) is 25.1. The number of benzene rings is 4. The molecule has 5 heteroatoms. The van der Waals surface area contributed by atoms with E-state index in [0.717, 1.165) is 28.1 Å². The average Bonchev–Trinajstić information content (AvgIpc) is 2.92. The van der Waals surface area contributed by atoms with Gasteiger partial charge in [0.25, 0.3) is 0 Å². The molecule has 4 aromatic carbocycles. The summed E-state index contributed by atoms with van der Waals surface area (Å²) in [5.74, 6) is 0.621. The topological polar surface area (TPSA) is 56.8 Å². The second kappa shape index (κ2) is 12.7. The summed E-state index contributed by atoms with van der Waals surface area (Å²) in [7, 11) is 0. The molecule has 4 rings (SSSR count). The number of anilines is 1. The molecule has 4 aromatic rings. The standard InChI is InChI=1S/C31H31NO4/c1-25(33)32-29-17-19-30(20-18-29)35-23-21-34-22-24-36-31(26-11-5-2-6-12-26,27-13-7-3-8-14-27)28-15-9-4-10-16-28/h2-20H,21-24H2,1H3,(H,32,33). The second-order valence-electron chi connectivity index (χ2n) is 8.29. The molecule has 0 aromatic heterocycles. The molecule has 0 heterocycles. The van der Waals surface area contributed by atoms with Gasteiger partial charge in [0.15, 0.2) is 0 Å². The number of carbonyl (C=O) groups is 1. The number of carbonyl (C=O) groups excluding carboxylic acids is 1. The molecule has 0 spiro atoms. The molecule has 0 aliphatic carbocycles. The second-order valence-corrected chi connectivity index (χ2v) is 8.29. The van der Waals surface area contributed by atoms with Gasteiger partial charge < -0.3 is 19.5 Å². The lowest BCUT2D eigenvalue weighted by atomic mass is 9.80. The van der Waals surface area contributed by atoms with Gasteiger partial charge >= 0.3 is 0 Å². The summed E-state index contributed by atoms with van der Waals surface area (Å²) in [6.45, 7) is 3.17. The van der Waals surface area contributed by atoms with Gasteiger partial charge in [-0.25, -0.2) is 0 Å². The predicted molar refractivity (Wildman–Crippen MR) is 142 cm³/mol. The summed E-state index contributed by atoms with van der Waals surface area (Å²) < 4.78 is 18.3. The summed E-state index contributed by atoms with van der Waals surface area (Å²) in [4.78, 5) is 11.1. The van der Waals surface area contributed by atoms with Crippen LogP contribution in [0.2, 0.25) is 0 Å². The molecule has 36 heavy (non-hydrogen) atoms. The third-order valence-electron chi connectivity index (χ3n) is 5.76. The minimum atomic E-state index is -0.751. The zero-order valence-electron chi connectivity index (χ0n) is 20.4. The Balaban J connectivity index is 1.38. The Morgan fingerprint density at radius 2 is 1.11 bits per heavy atom. The monoisotopic (exact) mass is 481 g/mol. The van der Waals surface area contributed by atoms with Crippen LogP contribution in [-0.4, -0.2) is 32.3 Å². The average molecular weight is 482 g/mol. The van der Waals surface area contributed by atoms with E-state index in [4.69, 9.17) is 14.2 Å². The van der Waals surface area contributed by atoms with Crippen LogP contribution in [0.15, 0.2) is 115 Å². The summed E-state index contributed by atoms with van der Waals surface area (Å²) >= 11 is 0. The van der Waals surface area contributed by atoms with Crippen LogP contribution in [0.4, 0.5) is 5.69 Å². The van der Waals surface area contributed by atoms with Crippen molar-refractivity contribution in [1.82, 2.24) is 0 Å². The van der Waals surface area contributed by atoms with Crippen molar-refractivity contribution in [3.8, 4) is 5.75 Å². The maximum Gasteiger partial charge on any atom is 0.221 e. The van der Waals surface area contributed by atoms with Gasteiger partial charge in [-0.1, -0.05) is 91.0 Å². The predicted octanol–water partition coefficient (Wildman–Crippen LogP) is 6.05. The fourth-order valence-electron chi connectivity index (χ4n) is 4.18. The van der Waals surface area contributed by atoms with Gasteiger partial charge in [-0.3, -0.25) is 4.79 Å². The van der Waals surface area contributed by atoms with Gasteiger partial charge in [-0.2, -0.15) is 0 Å². The highest BCUT2D eigenvalue weighted by molar-refractivity contribution is 5.88. The highest BCUT2D eigenvalue weighted by Gasteiger charge is 2.37. The van der Waals surface area contributed by atoms with Crippen molar-refractivity contribution >= 4 is 11.6 Å². The van der Waals surface area contributed by atoms with E-state index >= 15 is 0 Å². The lowest BCUT2D eigenvalue weighted by Crippen LogP contribution is -2.34. The summed E-state index contributed by atoms with van der Waals surface area (Å²) in [5.41, 5.74) is 3.18. The maximum atomic E-state index is 11.1. The van der Waals surface area contributed by atoms with Crippen molar-refractivity contribution in [3.05, 3.63) is 132 Å². The first-order valence-electron chi connectivity index (χ1n) is 12.1. The van der Waals surface area contributed by atoms with Crippen molar-refractivity contribution in [2.75, 3.05) is 31.7 Å². The van der Waals surface area contributed by atoms with E-state index in [1.165, 1.54) is 6.92 Å². The molecular formula is C31H31NO4. The maximum absolute atomic E-state index is 11.1. The first-order valence-corrected chi connectivity index (χ1v) is 12.1. The molecule has 0 aliphatic heterocycles. The molecule has 184 valence electrons. The summed E-state index contributed by atoms with van der Waals surface area (Å²) in [5, 5.41) is 2.74. The third kappa shape index (κ3) is 6.39. The van der Waals surface area contributed by atoms with E-state index in [0.29, 0.717) is 26.4 Å². The largest absolute Gasteiger partial charge is 0.491 e. The number of amides is 1. The van der Waals surface area contributed by atoms with Gasteiger partial charge in [-0.15, -0.1) is 0 Å². The normalized spacial score (nSPS) is 11.1. The van der Waals surface area contributed by atoms with Gasteiger partial charge in [0, 0.05) is 12.6 Å². The number of hydrogen-bond donors (Lipinski definition) is 1. The van der Waals surface area contributed by atoms with Crippen LogP contribution in [0.5, 0.6) is 5.75 Å². The van der Waals surface area contributed by atoms with E-state index in [9.17, 15) is 4.79 Å². The Labute approximate surface area is 212 Å². The molecule has 5 nitrogen and oxygen atoms in total. The lowest BCUT2D eigenvalue weighted by molar-refractivity contribution is -0.114. The minimum absolute atomic E-state index is 0.102. The van der Waals surface area contributed by atoms with Crippen molar-refractivity contribution in [3.63, 3.8) is 0 Å². The van der Waals surface area contributed by atoms with Gasteiger partial charge in [0.05, 0.1) is 19.8 Å². The van der Waals surface area contributed by atoms with Crippen LogP contribution < -0.4 is 10.1 Å². The van der Waals surface area contributed by atoms with Crippen LogP contribution in [0.1, 0.15) is 23.6 Å². The molecule has 0 saturated heterocycles. The van der Waals surface area contributed by atoms with Crippen LogP contribution in [-0.2, 0) is 19.9 Å². The van der Waals surface area contributed by atoms with E-state index in [2.05, 4.69) is 41.7 Å². The smallest absolute Gasteiger partial charge is 0.221 e. The molecule has 0 atom stereocenters. The van der Waals surface area contributed by atoms with E-state index in [1.54, 1.807) is 0 Å². The van der Waals surface area contributed by atoms with Crippen molar-refractivity contribution in [1.29, 1.82) is 0 Å². The Morgan fingerprint density at radius 3 is 1.58 bits per heavy atom. The lowest BCUT2D eigenvalue weighted by Gasteiger charge is -2.36. The highest BCUT2D eigenvalue weighted by atomic mass is 16.6. The Bertz CT molecular complexity index is 1100. The molecule has 1 amide bonds. The Kier molecular flexibility index (Phi) is 8.87. The molecule has 0 radical (unpaired) electrons. The first kappa shape index (κ1) is 25.2. The summed E-state index contributed by atoms with van der Waals surface area (Å²) in [6.07, 6.45) is 0. The molecule has 0 unspecified atom stereocenters. The third-order valence-corrected chi connectivity index (χ3v) is 5.76. The fraction of sp³-hybridized carbons (Fsp3) is 0.194. The van der Waals surface area contributed by atoms with Crippen LogP contribution >= 0.6 is 0 Å². The number of nitrogens with one attached hydrogen (secondary N) is 1. The van der Waals surface area contributed by atoms with Crippen LogP contribution in [0.3, 0.4) is 0 Å².